The molecule has 86 valence electrons. The molecule has 0 unspecified atom stereocenters. The van der Waals surface area contributed by atoms with Gasteiger partial charge in [0, 0.05) is 36.7 Å². The van der Waals surface area contributed by atoms with Gasteiger partial charge in [-0.25, -0.2) is 9.97 Å². The van der Waals surface area contributed by atoms with Crippen molar-refractivity contribution in [1.82, 2.24) is 15.3 Å². The van der Waals surface area contributed by atoms with Crippen LogP contribution in [0.5, 0.6) is 0 Å². The van der Waals surface area contributed by atoms with E-state index in [2.05, 4.69) is 15.3 Å². The van der Waals surface area contributed by atoms with Crippen molar-refractivity contribution in [2.45, 2.75) is 51.0 Å². The van der Waals surface area contributed by atoms with E-state index in [1.165, 1.54) is 49.1 Å². The van der Waals surface area contributed by atoms with Crippen molar-refractivity contribution in [3.8, 4) is 0 Å². The lowest BCUT2D eigenvalue weighted by Gasteiger charge is -2.26. The van der Waals surface area contributed by atoms with Crippen LogP contribution >= 0.6 is 0 Å². The standard InChI is InChI=1S/C13H19N3/c1-2-4-10(5-3-1)13-11-8-14-7-6-12(11)15-9-16-13/h9-10,14H,1-8H2. The van der Waals surface area contributed by atoms with Crippen molar-refractivity contribution >= 4 is 0 Å². The van der Waals surface area contributed by atoms with Crippen LogP contribution in [0.1, 0.15) is 55.0 Å². The molecule has 2 aliphatic rings. The summed E-state index contributed by atoms with van der Waals surface area (Å²) in [6, 6.07) is 0. The van der Waals surface area contributed by atoms with E-state index in [0.717, 1.165) is 19.5 Å². The van der Waals surface area contributed by atoms with Gasteiger partial charge in [0.05, 0.1) is 5.69 Å². The SMILES string of the molecule is c1nc2c(c(C3CCCCC3)n1)CNCC2. The second-order valence-corrected chi connectivity index (χ2v) is 4.95. The molecule has 1 aromatic heterocycles. The van der Waals surface area contributed by atoms with E-state index in [1.807, 2.05) is 0 Å². The third kappa shape index (κ3) is 1.84. The first kappa shape index (κ1) is 10.2. The van der Waals surface area contributed by atoms with Crippen molar-refractivity contribution in [2.75, 3.05) is 6.54 Å². The smallest absolute Gasteiger partial charge is 0.115 e. The average molecular weight is 217 g/mol. The minimum atomic E-state index is 0.699. The molecular formula is C13H19N3. The molecule has 3 rings (SSSR count). The van der Waals surface area contributed by atoms with Crippen molar-refractivity contribution in [2.24, 2.45) is 0 Å². The van der Waals surface area contributed by atoms with Crippen LogP contribution in [0, 0.1) is 0 Å². The van der Waals surface area contributed by atoms with E-state index in [1.54, 1.807) is 6.33 Å². The molecule has 0 spiro atoms. The minimum absolute atomic E-state index is 0.699. The molecule has 16 heavy (non-hydrogen) atoms. The Bertz CT molecular complexity index is 369. The fourth-order valence-corrected chi connectivity index (χ4v) is 3.02. The van der Waals surface area contributed by atoms with Crippen LogP contribution in [0.25, 0.3) is 0 Å². The molecule has 0 bridgehead atoms. The van der Waals surface area contributed by atoms with Crippen LogP contribution in [-0.2, 0) is 13.0 Å². The fraction of sp³-hybridized carbons (Fsp3) is 0.692. The van der Waals surface area contributed by atoms with Gasteiger partial charge in [0.1, 0.15) is 6.33 Å². The van der Waals surface area contributed by atoms with Crippen LogP contribution in [0.15, 0.2) is 6.33 Å². The molecule has 2 heterocycles. The molecule has 1 aromatic rings. The Balaban J connectivity index is 1.93. The highest BCUT2D eigenvalue weighted by atomic mass is 14.9. The topological polar surface area (TPSA) is 37.8 Å². The molecule has 1 N–H and O–H groups in total. The summed E-state index contributed by atoms with van der Waals surface area (Å²) in [4.78, 5) is 8.99. The summed E-state index contributed by atoms with van der Waals surface area (Å²) >= 11 is 0. The van der Waals surface area contributed by atoms with Gasteiger partial charge < -0.3 is 5.32 Å². The number of aromatic nitrogens is 2. The molecule has 1 saturated carbocycles. The van der Waals surface area contributed by atoms with Crippen molar-refractivity contribution < 1.29 is 0 Å². The third-order valence-corrected chi connectivity index (χ3v) is 3.90. The second kappa shape index (κ2) is 4.50. The molecule has 1 aliphatic carbocycles. The predicted octanol–water partition coefficient (Wildman–Crippen LogP) is 2.17. The Labute approximate surface area is 96.7 Å². The number of rotatable bonds is 1. The monoisotopic (exact) mass is 217 g/mol. The van der Waals surface area contributed by atoms with Gasteiger partial charge in [-0.05, 0) is 12.8 Å². The largest absolute Gasteiger partial charge is 0.312 e. The molecule has 0 radical (unpaired) electrons. The fourth-order valence-electron chi connectivity index (χ4n) is 3.02. The first-order valence-electron chi connectivity index (χ1n) is 6.48. The Hall–Kier alpha value is -0.960. The highest BCUT2D eigenvalue weighted by Crippen LogP contribution is 2.34. The molecule has 0 atom stereocenters. The van der Waals surface area contributed by atoms with Crippen LogP contribution in [-0.4, -0.2) is 16.5 Å². The number of nitrogens with one attached hydrogen (secondary N) is 1. The van der Waals surface area contributed by atoms with Crippen LogP contribution < -0.4 is 5.32 Å². The normalized spacial score (nSPS) is 21.8. The molecular weight excluding hydrogens is 198 g/mol. The van der Waals surface area contributed by atoms with E-state index < -0.39 is 0 Å². The molecule has 3 heteroatoms. The maximum absolute atomic E-state index is 4.56. The Morgan fingerprint density at radius 2 is 2.00 bits per heavy atom. The summed E-state index contributed by atoms with van der Waals surface area (Å²) in [7, 11) is 0. The van der Waals surface area contributed by atoms with E-state index in [4.69, 9.17) is 0 Å². The van der Waals surface area contributed by atoms with Crippen molar-refractivity contribution in [1.29, 1.82) is 0 Å². The lowest BCUT2D eigenvalue weighted by Crippen LogP contribution is -2.27. The maximum Gasteiger partial charge on any atom is 0.115 e. The molecule has 1 fully saturated rings. The molecule has 0 saturated heterocycles. The number of nitrogens with zero attached hydrogens (tertiary/aromatic N) is 2. The quantitative estimate of drug-likeness (QED) is 0.783. The van der Waals surface area contributed by atoms with E-state index in [9.17, 15) is 0 Å². The Kier molecular flexibility index (Phi) is 2.87. The van der Waals surface area contributed by atoms with Crippen LogP contribution in [0.2, 0.25) is 0 Å². The number of fused-ring (bicyclic) bond motifs is 1. The van der Waals surface area contributed by atoms with Gasteiger partial charge in [-0.1, -0.05) is 19.3 Å². The van der Waals surface area contributed by atoms with Crippen LogP contribution in [0.4, 0.5) is 0 Å². The summed E-state index contributed by atoms with van der Waals surface area (Å²) in [5.74, 6) is 0.699. The Morgan fingerprint density at radius 3 is 2.88 bits per heavy atom. The van der Waals surface area contributed by atoms with Gasteiger partial charge in [0.2, 0.25) is 0 Å². The highest BCUT2D eigenvalue weighted by Gasteiger charge is 2.23. The summed E-state index contributed by atoms with van der Waals surface area (Å²) < 4.78 is 0. The first-order valence-corrected chi connectivity index (χ1v) is 6.48. The van der Waals surface area contributed by atoms with Gasteiger partial charge in [0.25, 0.3) is 0 Å². The summed E-state index contributed by atoms with van der Waals surface area (Å²) in [6.45, 7) is 2.04. The molecule has 1 aliphatic heterocycles. The average Bonchev–Trinajstić information content (AvgIpc) is 2.39. The van der Waals surface area contributed by atoms with Gasteiger partial charge in [-0.3, -0.25) is 0 Å². The number of hydrogen-bond acceptors (Lipinski definition) is 3. The maximum atomic E-state index is 4.56. The zero-order chi connectivity index (χ0) is 10.8. The van der Waals surface area contributed by atoms with E-state index in [0.29, 0.717) is 5.92 Å². The lowest BCUT2D eigenvalue weighted by molar-refractivity contribution is 0.430. The zero-order valence-corrected chi connectivity index (χ0v) is 9.71. The van der Waals surface area contributed by atoms with Gasteiger partial charge in [0.15, 0.2) is 0 Å². The van der Waals surface area contributed by atoms with E-state index in [-0.39, 0.29) is 0 Å². The molecule has 3 nitrogen and oxygen atoms in total. The lowest BCUT2D eigenvalue weighted by atomic mass is 9.84. The predicted molar refractivity (Wildman–Crippen MR) is 63.3 cm³/mol. The van der Waals surface area contributed by atoms with Gasteiger partial charge in [-0.15, -0.1) is 0 Å². The first-order chi connectivity index (χ1) is 7.95. The molecule has 0 amide bonds. The third-order valence-electron chi connectivity index (χ3n) is 3.90. The zero-order valence-electron chi connectivity index (χ0n) is 9.71. The summed E-state index contributed by atoms with van der Waals surface area (Å²) in [6.07, 6.45) is 9.63. The number of hydrogen-bond donors (Lipinski definition) is 1. The van der Waals surface area contributed by atoms with Gasteiger partial charge >= 0.3 is 0 Å². The minimum Gasteiger partial charge on any atom is -0.312 e. The van der Waals surface area contributed by atoms with Crippen LogP contribution in [0.3, 0.4) is 0 Å². The molecule has 0 aromatic carbocycles. The second-order valence-electron chi connectivity index (χ2n) is 4.95. The Morgan fingerprint density at radius 1 is 1.12 bits per heavy atom. The van der Waals surface area contributed by atoms with Crippen molar-refractivity contribution in [3.05, 3.63) is 23.3 Å². The summed E-state index contributed by atoms with van der Waals surface area (Å²) in [5, 5.41) is 3.44. The van der Waals surface area contributed by atoms with E-state index >= 15 is 0 Å². The highest BCUT2D eigenvalue weighted by molar-refractivity contribution is 5.29. The van der Waals surface area contributed by atoms with Crippen molar-refractivity contribution in [3.63, 3.8) is 0 Å². The summed E-state index contributed by atoms with van der Waals surface area (Å²) in [5.41, 5.74) is 4.03. The van der Waals surface area contributed by atoms with Gasteiger partial charge in [-0.2, -0.15) is 0 Å².